The summed E-state index contributed by atoms with van der Waals surface area (Å²) in [6.45, 7) is 0. The average molecular weight is 199 g/mol. The van der Waals surface area contributed by atoms with E-state index in [1.54, 1.807) is 24.3 Å². The second-order valence-corrected chi connectivity index (χ2v) is 4.50. The Bertz CT molecular complexity index is 469. The van der Waals surface area contributed by atoms with Gasteiger partial charge in [0.15, 0.2) is 0 Å². The predicted molar refractivity (Wildman–Crippen MR) is 49.1 cm³/mol. The molecule has 0 aliphatic heterocycles. The van der Waals surface area contributed by atoms with Gasteiger partial charge in [0.25, 0.3) is 10.1 Å². The first-order valence-corrected chi connectivity index (χ1v) is 5.44. The lowest BCUT2D eigenvalue weighted by molar-refractivity contribution is 0.468. The van der Waals surface area contributed by atoms with Crippen molar-refractivity contribution in [3.05, 3.63) is 35.4 Å². The Morgan fingerprint density at radius 3 is 2.85 bits per heavy atom. The van der Waals surface area contributed by atoms with Crippen molar-refractivity contribution in [2.24, 2.45) is 0 Å². The van der Waals surface area contributed by atoms with E-state index in [0.29, 0.717) is 12.0 Å². The molecule has 70 valence electrons. The third-order valence-electron chi connectivity index (χ3n) is 2.25. The van der Waals surface area contributed by atoms with Gasteiger partial charge in [-0.25, -0.2) is 0 Å². The molecule has 0 saturated heterocycles. The number of hydrogen-bond donors (Lipinski definition) is 1. The number of hydrogen-bond acceptors (Lipinski definition) is 2. The zero-order valence-corrected chi connectivity index (χ0v) is 7.71. The van der Waals surface area contributed by atoms with Crippen molar-refractivity contribution in [3.8, 4) is 0 Å². The van der Waals surface area contributed by atoms with Crippen molar-refractivity contribution in [1.82, 2.24) is 0 Å². The van der Waals surface area contributed by atoms with Gasteiger partial charge in [-0.3, -0.25) is 4.55 Å². The highest BCUT2D eigenvalue weighted by Crippen LogP contribution is 2.35. The molecule has 0 fully saturated rings. The first-order chi connectivity index (χ1) is 6.45. The Balaban J connectivity index is 2.64. The lowest BCUT2D eigenvalue weighted by Gasteiger charge is -2.06. The molecular formula is C9H10O3S. The molecule has 0 bridgehead atoms. The van der Waals surface area contributed by atoms with E-state index in [0.717, 1.165) is 5.56 Å². The van der Waals surface area contributed by atoms with Crippen molar-refractivity contribution in [2.75, 3.05) is 0 Å². The van der Waals surface area contributed by atoms with Crippen LogP contribution in [-0.2, 0) is 16.5 Å². The van der Waals surface area contributed by atoms with Gasteiger partial charge in [0.1, 0.15) is 5.23 Å². The molecule has 0 amide bonds. The monoisotopic (exact) mass is 199 g/mol. The molecule has 4 heteroatoms. The zero-order valence-electron chi connectivity index (χ0n) is 7.90. The van der Waals surface area contributed by atoms with Crippen LogP contribution in [0.25, 0.3) is 0 Å². The van der Waals surface area contributed by atoms with E-state index in [-0.39, 0.29) is 6.42 Å². The molecule has 3 nitrogen and oxygen atoms in total. The van der Waals surface area contributed by atoms with Crippen LogP contribution in [0.3, 0.4) is 0 Å². The molecule has 1 aromatic carbocycles. The molecule has 13 heavy (non-hydrogen) atoms. The lowest BCUT2D eigenvalue weighted by Crippen LogP contribution is -2.08. The van der Waals surface area contributed by atoms with Gasteiger partial charge in [-0.05, 0) is 24.0 Å². The van der Waals surface area contributed by atoms with Gasteiger partial charge in [-0.2, -0.15) is 8.42 Å². The normalized spacial score (nSPS) is 28.2. The minimum absolute atomic E-state index is 0.130. The number of aryl methyl sites for hydroxylation is 1. The van der Waals surface area contributed by atoms with Gasteiger partial charge in [-0.15, -0.1) is 0 Å². The maximum absolute atomic E-state index is 11.1. The number of benzene rings is 1. The molecule has 0 aromatic heterocycles. The summed E-state index contributed by atoms with van der Waals surface area (Å²) in [7, 11) is -4.35. The molecule has 1 N–H and O–H groups in total. The van der Waals surface area contributed by atoms with Crippen LogP contribution in [-0.4, -0.2) is 13.0 Å². The molecule has 0 radical (unpaired) electrons. The fourth-order valence-corrected chi connectivity index (χ4v) is 2.50. The van der Waals surface area contributed by atoms with Crippen molar-refractivity contribution in [2.45, 2.75) is 18.1 Å². The molecule has 0 heterocycles. The van der Waals surface area contributed by atoms with Gasteiger partial charge < -0.3 is 0 Å². The van der Waals surface area contributed by atoms with E-state index < -0.39 is 15.3 Å². The molecule has 0 saturated carbocycles. The van der Waals surface area contributed by atoms with Gasteiger partial charge in [0.05, 0.1) is 1.37 Å². The molecule has 1 unspecified atom stereocenters. The molecule has 1 aliphatic rings. The molecular weight excluding hydrogens is 188 g/mol. The van der Waals surface area contributed by atoms with Gasteiger partial charge in [0, 0.05) is 0 Å². The third-order valence-corrected chi connectivity index (χ3v) is 3.30. The summed E-state index contributed by atoms with van der Waals surface area (Å²) < 4.78 is 39.0. The van der Waals surface area contributed by atoms with Crippen LogP contribution in [0.1, 0.15) is 24.1 Å². The fourth-order valence-electron chi connectivity index (χ4n) is 1.66. The summed E-state index contributed by atoms with van der Waals surface area (Å²) in [5, 5.41) is -1.86. The van der Waals surface area contributed by atoms with E-state index in [1.165, 1.54) is 0 Å². The van der Waals surface area contributed by atoms with Crippen LogP contribution in [0.4, 0.5) is 0 Å². The van der Waals surface area contributed by atoms with Crippen LogP contribution in [0.5, 0.6) is 0 Å². The lowest BCUT2D eigenvalue weighted by atomic mass is 10.1. The second kappa shape index (κ2) is 2.82. The second-order valence-electron chi connectivity index (χ2n) is 3.06. The van der Waals surface area contributed by atoms with Crippen molar-refractivity contribution in [1.29, 1.82) is 0 Å². The van der Waals surface area contributed by atoms with Crippen LogP contribution in [0, 0.1) is 0 Å². The van der Waals surface area contributed by atoms with E-state index in [4.69, 9.17) is 5.92 Å². The summed E-state index contributed by atoms with van der Waals surface area (Å²) in [5.41, 5.74) is 1.24. The third kappa shape index (κ3) is 1.47. The standard InChI is InChI=1S/C9H10O3S/c10-13(11,12)9-6-5-7-3-1-2-4-8(7)9/h1-4,9H,5-6H2,(H,10,11,12)/i9D. The summed E-state index contributed by atoms with van der Waals surface area (Å²) in [6, 6.07) is 6.85. The molecule has 0 spiro atoms. The largest absolute Gasteiger partial charge is 0.285 e. The Morgan fingerprint density at radius 2 is 2.15 bits per heavy atom. The molecule has 1 aromatic rings. The minimum Gasteiger partial charge on any atom is -0.285 e. The smallest absolute Gasteiger partial charge is 0.272 e. The topological polar surface area (TPSA) is 54.4 Å². The van der Waals surface area contributed by atoms with Crippen molar-refractivity contribution >= 4 is 10.1 Å². The first-order valence-electron chi connectivity index (χ1n) is 4.50. The number of rotatable bonds is 1. The van der Waals surface area contributed by atoms with Crippen LogP contribution >= 0.6 is 0 Å². The summed E-state index contributed by atoms with van der Waals surface area (Å²) in [6.07, 6.45) is 0.657. The van der Waals surface area contributed by atoms with Crippen LogP contribution < -0.4 is 0 Å². The van der Waals surface area contributed by atoms with Crippen LogP contribution in [0.15, 0.2) is 24.3 Å². The molecule has 1 atom stereocenters. The van der Waals surface area contributed by atoms with E-state index in [9.17, 15) is 8.42 Å². The SMILES string of the molecule is [2H]C1(S(=O)(=O)O)CCc2ccccc21. The quantitative estimate of drug-likeness (QED) is 0.698. The maximum Gasteiger partial charge on any atom is 0.272 e. The maximum atomic E-state index is 11.1. The summed E-state index contributed by atoms with van der Waals surface area (Å²) >= 11 is 0. The van der Waals surface area contributed by atoms with E-state index in [1.807, 2.05) is 0 Å². The zero-order chi connectivity index (χ0) is 10.4. The number of fused-ring (bicyclic) bond motifs is 1. The Labute approximate surface area is 78.6 Å². The van der Waals surface area contributed by atoms with Crippen LogP contribution in [0.2, 0.25) is 0 Å². The highest BCUT2D eigenvalue weighted by molar-refractivity contribution is 7.86. The van der Waals surface area contributed by atoms with E-state index >= 15 is 0 Å². The Hall–Kier alpha value is -0.870. The van der Waals surface area contributed by atoms with E-state index in [2.05, 4.69) is 0 Å². The molecule has 2 rings (SSSR count). The van der Waals surface area contributed by atoms with Crippen molar-refractivity contribution in [3.63, 3.8) is 0 Å². The molecule has 1 aliphatic carbocycles. The average Bonchev–Trinajstić information content (AvgIpc) is 2.45. The summed E-state index contributed by atoms with van der Waals surface area (Å²) in [5.74, 6) is 0. The predicted octanol–water partition coefficient (Wildman–Crippen LogP) is 1.56. The Kier molecular flexibility index (Phi) is 1.63. The van der Waals surface area contributed by atoms with Gasteiger partial charge in [-0.1, -0.05) is 24.3 Å². The van der Waals surface area contributed by atoms with Gasteiger partial charge in [0.2, 0.25) is 0 Å². The van der Waals surface area contributed by atoms with Gasteiger partial charge >= 0.3 is 0 Å². The van der Waals surface area contributed by atoms with Crippen molar-refractivity contribution < 1.29 is 14.3 Å². The summed E-state index contributed by atoms with van der Waals surface area (Å²) in [4.78, 5) is 0. The Morgan fingerprint density at radius 1 is 1.46 bits per heavy atom. The first kappa shape index (κ1) is 7.53. The highest BCUT2D eigenvalue weighted by Gasteiger charge is 2.31. The minimum atomic E-state index is -4.35. The fraction of sp³-hybridized carbons (Fsp3) is 0.333. The highest BCUT2D eigenvalue weighted by atomic mass is 32.2.